The van der Waals surface area contributed by atoms with Gasteiger partial charge in [0.15, 0.2) is 14.9 Å². The van der Waals surface area contributed by atoms with Gasteiger partial charge in [-0.15, -0.1) is 0 Å². The normalized spacial score (nSPS) is 11.2. The molecule has 0 aliphatic heterocycles. The predicted molar refractivity (Wildman–Crippen MR) is 68.6 cm³/mol. The molecule has 0 atom stereocenters. The molecule has 100 valence electrons. The average Bonchev–Trinajstić information content (AvgIpc) is 2.28. The summed E-state index contributed by atoms with van der Waals surface area (Å²) in [6.07, 6.45) is 1.84. The summed E-state index contributed by atoms with van der Waals surface area (Å²) in [5.41, 5.74) is 5.71. The largest absolute Gasteiger partial charge is 0.396 e. The number of nitrogen functional groups attached to an aromatic ring is 1. The van der Waals surface area contributed by atoms with Crippen LogP contribution in [0, 0.1) is 0 Å². The van der Waals surface area contributed by atoms with Gasteiger partial charge in [-0.1, -0.05) is 0 Å². The molecule has 18 heavy (non-hydrogen) atoms. The summed E-state index contributed by atoms with van der Waals surface area (Å²) >= 11 is 0. The summed E-state index contributed by atoms with van der Waals surface area (Å²) in [4.78, 5) is 16.5. The Morgan fingerprint density at radius 2 is 2.11 bits per heavy atom. The van der Waals surface area contributed by atoms with Crippen LogP contribution < -0.4 is 5.73 Å². The second-order valence-corrected chi connectivity index (χ2v) is 6.13. The smallest absolute Gasteiger partial charge is 0.222 e. The molecule has 2 N–H and O–H groups in total. The van der Waals surface area contributed by atoms with Crippen molar-refractivity contribution < 1.29 is 13.2 Å². The summed E-state index contributed by atoms with van der Waals surface area (Å²) in [6.45, 7) is 0. The van der Waals surface area contributed by atoms with Gasteiger partial charge in [-0.25, -0.2) is 13.4 Å². The standard InChI is InChI=1S/C11H17N3O3S/c1-14(2)10(15)6-4-8-18(16,17)11-9(12)5-3-7-13-11/h3,5,7H,4,6,8,12H2,1-2H3. The van der Waals surface area contributed by atoms with E-state index in [9.17, 15) is 13.2 Å². The monoisotopic (exact) mass is 271 g/mol. The summed E-state index contributed by atoms with van der Waals surface area (Å²) in [7, 11) is -0.254. The number of nitrogens with zero attached hydrogens (tertiary/aromatic N) is 2. The highest BCUT2D eigenvalue weighted by molar-refractivity contribution is 7.91. The van der Waals surface area contributed by atoms with Crippen LogP contribution in [0.15, 0.2) is 23.4 Å². The van der Waals surface area contributed by atoms with Gasteiger partial charge in [-0.3, -0.25) is 4.79 Å². The molecule has 0 radical (unpaired) electrons. The molecule has 7 heteroatoms. The van der Waals surface area contributed by atoms with Crippen LogP contribution in [-0.2, 0) is 14.6 Å². The first-order valence-corrected chi connectivity index (χ1v) is 7.13. The molecular weight excluding hydrogens is 254 g/mol. The summed E-state index contributed by atoms with van der Waals surface area (Å²) in [6, 6.07) is 3.06. The minimum absolute atomic E-state index is 0.0980. The molecule has 0 aliphatic carbocycles. The Morgan fingerprint density at radius 3 is 2.67 bits per heavy atom. The van der Waals surface area contributed by atoms with Crippen LogP contribution in [-0.4, -0.2) is 44.1 Å². The van der Waals surface area contributed by atoms with Crippen molar-refractivity contribution in [3.8, 4) is 0 Å². The molecule has 0 aromatic carbocycles. The lowest BCUT2D eigenvalue weighted by atomic mass is 10.3. The van der Waals surface area contributed by atoms with E-state index in [0.29, 0.717) is 0 Å². The van der Waals surface area contributed by atoms with Crippen LogP contribution in [0.3, 0.4) is 0 Å². The van der Waals surface area contributed by atoms with Crippen LogP contribution in [0.1, 0.15) is 12.8 Å². The Bertz CT molecular complexity index is 526. The first kappa shape index (κ1) is 14.4. The fraction of sp³-hybridized carbons (Fsp3) is 0.455. The summed E-state index contributed by atoms with van der Waals surface area (Å²) in [5.74, 6) is -0.229. The van der Waals surface area contributed by atoms with E-state index in [1.807, 2.05) is 0 Å². The minimum Gasteiger partial charge on any atom is -0.396 e. The van der Waals surface area contributed by atoms with Crippen molar-refractivity contribution in [3.63, 3.8) is 0 Å². The zero-order chi connectivity index (χ0) is 13.8. The van der Waals surface area contributed by atoms with E-state index in [0.717, 1.165) is 0 Å². The van der Waals surface area contributed by atoms with Crippen molar-refractivity contribution in [2.45, 2.75) is 17.9 Å². The molecule has 0 aliphatic rings. The number of hydrogen-bond acceptors (Lipinski definition) is 5. The molecule has 0 bridgehead atoms. The van der Waals surface area contributed by atoms with Crippen molar-refractivity contribution in [2.24, 2.45) is 0 Å². The topological polar surface area (TPSA) is 93.4 Å². The summed E-state index contributed by atoms with van der Waals surface area (Å²) in [5, 5.41) is -0.109. The summed E-state index contributed by atoms with van der Waals surface area (Å²) < 4.78 is 23.9. The molecule has 1 aromatic heterocycles. The van der Waals surface area contributed by atoms with Crippen LogP contribution in [0.4, 0.5) is 5.69 Å². The molecule has 0 fully saturated rings. The average molecular weight is 271 g/mol. The maximum Gasteiger partial charge on any atom is 0.222 e. The number of sulfone groups is 1. The maximum atomic E-state index is 11.9. The van der Waals surface area contributed by atoms with Gasteiger partial charge < -0.3 is 10.6 Å². The van der Waals surface area contributed by atoms with E-state index in [1.165, 1.54) is 17.2 Å². The predicted octanol–water partition coefficient (Wildman–Crippen LogP) is 0.306. The zero-order valence-electron chi connectivity index (χ0n) is 10.5. The van der Waals surface area contributed by atoms with Crippen LogP contribution in [0.5, 0.6) is 0 Å². The van der Waals surface area contributed by atoms with E-state index in [-0.39, 0.29) is 35.2 Å². The van der Waals surface area contributed by atoms with E-state index in [2.05, 4.69) is 4.98 Å². The van der Waals surface area contributed by atoms with Gasteiger partial charge in [-0.05, 0) is 18.6 Å². The van der Waals surface area contributed by atoms with Gasteiger partial charge in [-0.2, -0.15) is 0 Å². The number of amides is 1. The molecular formula is C11H17N3O3S. The van der Waals surface area contributed by atoms with E-state index < -0.39 is 9.84 Å². The fourth-order valence-electron chi connectivity index (χ4n) is 1.40. The van der Waals surface area contributed by atoms with Crippen molar-refractivity contribution in [2.75, 3.05) is 25.6 Å². The second-order valence-electron chi connectivity index (χ2n) is 4.11. The quantitative estimate of drug-likeness (QED) is 0.831. The SMILES string of the molecule is CN(C)C(=O)CCCS(=O)(=O)c1ncccc1N. The highest BCUT2D eigenvalue weighted by Gasteiger charge is 2.19. The number of carbonyl (C=O) groups excluding carboxylic acids is 1. The van der Waals surface area contributed by atoms with Gasteiger partial charge in [0, 0.05) is 26.7 Å². The molecule has 6 nitrogen and oxygen atoms in total. The fourth-order valence-corrected chi connectivity index (χ4v) is 2.76. The lowest BCUT2D eigenvalue weighted by Crippen LogP contribution is -2.22. The second kappa shape index (κ2) is 5.81. The number of pyridine rings is 1. The Balaban J connectivity index is 2.67. The molecule has 0 saturated carbocycles. The number of rotatable bonds is 5. The minimum atomic E-state index is -3.52. The van der Waals surface area contributed by atoms with E-state index in [4.69, 9.17) is 5.73 Å². The molecule has 1 heterocycles. The van der Waals surface area contributed by atoms with Crippen LogP contribution in [0.25, 0.3) is 0 Å². The lowest BCUT2D eigenvalue weighted by Gasteiger charge is -2.10. The molecule has 0 unspecified atom stereocenters. The number of anilines is 1. The third kappa shape index (κ3) is 3.69. The number of nitrogens with two attached hydrogens (primary N) is 1. The van der Waals surface area contributed by atoms with Crippen molar-refractivity contribution in [1.82, 2.24) is 9.88 Å². The number of aromatic nitrogens is 1. The zero-order valence-corrected chi connectivity index (χ0v) is 11.3. The first-order chi connectivity index (χ1) is 8.34. The highest BCUT2D eigenvalue weighted by atomic mass is 32.2. The molecule has 0 spiro atoms. The van der Waals surface area contributed by atoms with Gasteiger partial charge in [0.05, 0.1) is 11.4 Å². The third-order valence-corrected chi connectivity index (χ3v) is 4.15. The Morgan fingerprint density at radius 1 is 1.44 bits per heavy atom. The molecule has 1 amide bonds. The van der Waals surface area contributed by atoms with Gasteiger partial charge in [0.2, 0.25) is 5.91 Å². The van der Waals surface area contributed by atoms with Crippen molar-refractivity contribution >= 4 is 21.4 Å². The Labute approximate surface area is 107 Å². The molecule has 0 saturated heterocycles. The van der Waals surface area contributed by atoms with Crippen LogP contribution >= 0.6 is 0 Å². The van der Waals surface area contributed by atoms with E-state index >= 15 is 0 Å². The number of carbonyl (C=O) groups is 1. The maximum absolute atomic E-state index is 11.9. The Hall–Kier alpha value is -1.63. The highest BCUT2D eigenvalue weighted by Crippen LogP contribution is 2.16. The molecule has 1 rings (SSSR count). The van der Waals surface area contributed by atoms with Gasteiger partial charge in [0.1, 0.15) is 0 Å². The van der Waals surface area contributed by atoms with Gasteiger partial charge >= 0.3 is 0 Å². The third-order valence-electron chi connectivity index (χ3n) is 2.40. The van der Waals surface area contributed by atoms with Gasteiger partial charge in [0.25, 0.3) is 0 Å². The first-order valence-electron chi connectivity index (χ1n) is 5.48. The number of hydrogen-bond donors (Lipinski definition) is 1. The lowest BCUT2D eigenvalue weighted by molar-refractivity contribution is -0.128. The van der Waals surface area contributed by atoms with Crippen LogP contribution in [0.2, 0.25) is 0 Å². The van der Waals surface area contributed by atoms with Crippen molar-refractivity contribution in [3.05, 3.63) is 18.3 Å². The van der Waals surface area contributed by atoms with Crippen molar-refractivity contribution in [1.29, 1.82) is 0 Å². The molecule has 1 aromatic rings. The van der Waals surface area contributed by atoms with E-state index in [1.54, 1.807) is 20.2 Å². The Kier molecular flexibility index (Phi) is 4.66.